The Balaban J connectivity index is 2.19. The summed E-state index contributed by atoms with van der Waals surface area (Å²) in [5.41, 5.74) is 0.808. The highest BCUT2D eigenvalue weighted by molar-refractivity contribution is 7.89. The Morgan fingerprint density at radius 2 is 2.30 bits per heavy atom. The van der Waals surface area contributed by atoms with Crippen LogP contribution in [0.3, 0.4) is 0 Å². The van der Waals surface area contributed by atoms with Gasteiger partial charge in [0.05, 0.1) is 6.61 Å². The van der Waals surface area contributed by atoms with Gasteiger partial charge < -0.3 is 10.1 Å². The van der Waals surface area contributed by atoms with Crippen LogP contribution >= 0.6 is 11.3 Å². The van der Waals surface area contributed by atoms with Gasteiger partial charge in [-0.15, -0.1) is 11.3 Å². The predicted molar refractivity (Wildman–Crippen MR) is 80.5 cm³/mol. The summed E-state index contributed by atoms with van der Waals surface area (Å²) in [6.07, 6.45) is 0.912. The van der Waals surface area contributed by atoms with Gasteiger partial charge in [0, 0.05) is 30.0 Å². The first-order chi connectivity index (χ1) is 9.45. The minimum Gasteiger partial charge on any atom is -0.381 e. The van der Waals surface area contributed by atoms with Crippen LogP contribution in [0.5, 0.6) is 0 Å². The zero-order chi connectivity index (χ0) is 14.8. The van der Waals surface area contributed by atoms with E-state index in [0.29, 0.717) is 18.0 Å². The molecular weight excluding hydrogens is 296 g/mol. The number of aryl methyl sites for hydroxylation is 1. The summed E-state index contributed by atoms with van der Waals surface area (Å²) in [7, 11) is -1.66. The third kappa shape index (κ3) is 3.40. The van der Waals surface area contributed by atoms with Crippen molar-refractivity contribution >= 4 is 21.4 Å². The monoisotopic (exact) mass is 318 g/mol. The van der Waals surface area contributed by atoms with E-state index >= 15 is 0 Å². The van der Waals surface area contributed by atoms with Crippen LogP contribution in [0.2, 0.25) is 0 Å². The van der Waals surface area contributed by atoms with E-state index in [1.807, 2.05) is 26.3 Å². The quantitative estimate of drug-likeness (QED) is 0.834. The average molecular weight is 318 g/mol. The minimum absolute atomic E-state index is 0.107. The van der Waals surface area contributed by atoms with E-state index in [1.165, 1.54) is 11.3 Å². The second kappa shape index (κ2) is 6.53. The Kier molecular flexibility index (Phi) is 5.19. The maximum atomic E-state index is 12.6. The highest BCUT2D eigenvalue weighted by Gasteiger charge is 2.29. The van der Waals surface area contributed by atoms with Gasteiger partial charge in [0.2, 0.25) is 10.0 Å². The van der Waals surface area contributed by atoms with Crippen molar-refractivity contribution in [2.24, 2.45) is 5.92 Å². The molecule has 0 bridgehead atoms. The molecule has 20 heavy (non-hydrogen) atoms. The molecule has 2 heterocycles. The van der Waals surface area contributed by atoms with Gasteiger partial charge in [-0.25, -0.2) is 13.1 Å². The number of nitrogens with one attached hydrogen (secondary N) is 2. The van der Waals surface area contributed by atoms with Crippen LogP contribution < -0.4 is 10.0 Å². The van der Waals surface area contributed by atoms with Crippen LogP contribution in [0.4, 0.5) is 0 Å². The normalized spacial score (nSPS) is 21.2. The summed E-state index contributed by atoms with van der Waals surface area (Å²) in [5, 5.41) is 4.91. The lowest BCUT2D eigenvalue weighted by atomic mass is 10.0. The van der Waals surface area contributed by atoms with Gasteiger partial charge >= 0.3 is 0 Å². The van der Waals surface area contributed by atoms with Crippen molar-refractivity contribution in [1.82, 2.24) is 10.0 Å². The number of sulfonamides is 1. The first kappa shape index (κ1) is 15.9. The summed E-state index contributed by atoms with van der Waals surface area (Å²) in [4.78, 5) is 1.29. The zero-order valence-electron chi connectivity index (χ0n) is 12.1. The van der Waals surface area contributed by atoms with Crippen molar-refractivity contribution < 1.29 is 13.2 Å². The topological polar surface area (TPSA) is 67.4 Å². The second-order valence-corrected chi connectivity index (χ2v) is 7.85. The molecule has 0 spiro atoms. The fourth-order valence-corrected chi connectivity index (χ4v) is 5.61. The van der Waals surface area contributed by atoms with Gasteiger partial charge in [-0.3, -0.25) is 0 Å². The molecule has 0 radical (unpaired) electrons. The number of ether oxygens (including phenoxy) is 1. The third-order valence-electron chi connectivity index (χ3n) is 3.61. The highest BCUT2D eigenvalue weighted by atomic mass is 32.2. The molecule has 2 atom stereocenters. The van der Waals surface area contributed by atoms with Crippen molar-refractivity contribution in [3.8, 4) is 0 Å². The maximum absolute atomic E-state index is 12.6. The molecule has 5 nitrogen and oxygen atoms in total. The van der Waals surface area contributed by atoms with Gasteiger partial charge in [-0.1, -0.05) is 0 Å². The Morgan fingerprint density at radius 1 is 1.55 bits per heavy atom. The first-order valence-electron chi connectivity index (χ1n) is 6.77. The molecule has 1 aliphatic heterocycles. The van der Waals surface area contributed by atoms with Crippen LogP contribution in [0, 0.1) is 12.8 Å². The Morgan fingerprint density at radius 3 is 2.90 bits per heavy atom. The summed E-state index contributed by atoms with van der Waals surface area (Å²) in [6.45, 7) is 5.68. The second-order valence-electron chi connectivity index (χ2n) is 5.23. The van der Waals surface area contributed by atoms with Crippen molar-refractivity contribution in [2.75, 3.05) is 20.3 Å². The molecule has 1 aromatic rings. The molecule has 1 aromatic heterocycles. The molecule has 2 unspecified atom stereocenters. The lowest BCUT2D eigenvalue weighted by molar-refractivity contribution is 0.180. The van der Waals surface area contributed by atoms with E-state index in [9.17, 15) is 8.42 Å². The van der Waals surface area contributed by atoms with E-state index in [4.69, 9.17) is 4.74 Å². The molecule has 1 saturated heterocycles. The molecule has 1 fully saturated rings. The highest BCUT2D eigenvalue weighted by Crippen LogP contribution is 2.28. The number of rotatable bonds is 6. The fourth-order valence-electron chi connectivity index (χ4n) is 2.48. The average Bonchev–Trinajstić information content (AvgIpc) is 2.99. The maximum Gasteiger partial charge on any atom is 0.242 e. The Hall–Kier alpha value is -0.470. The summed E-state index contributed by atoms with van der Waals surface area (Å²) >= 11 is 1.48. The molecule has 114 valence electrons. The molecule has 2 rings (SSSR count). The van der Waals surface area contributed by atoms with Gasteiger partial charge in [0.1, 0.15) is 4.90 Å². The van der Waals surface area contributed by atoms with Crippen molar-refractivity contribution in [3.63, 3.8) is 0 Å². The van der Waals surface area contributed by atoms with Crippen molar-refractivity contribution in [3.05, 3.63) is 15.8 Å². The van der Waals surface area contributed by atoms with Gasteiger partial charge in [-0.2, -0.15) is 0 Å². The largest absolute Gasteiger partial charge is 0.381 e. The Bertz CT molecular complexity index is 548. The van der Waals surface area contributed by atoms with E-state index in [-0.39, 0.29) is 12.0 Å². The number of thiophene rings is 1. The Labute approximate surface area is 124 Å². The molecule has 0 aromatic carbocycles. The van der Waals surface area contributed by atoms with E-state index in [1.54, 1.807) is 0 Å². The number of hydrogen-bond donors (Lipinski definition) is 2. The summed E-state index contributed by atoms with van der Waals surface area (Å²) in [6, 6.07) is -0.107. The van der Waals surface area contributed by atoms with Crippen LogP contribution in [-0.4, -0.2) is 34.7 Å². The summed E-state index contributed by atoms with van der Waals surface area (Å²) < 4.78 is 33.3. The molecule has 0 saturated carbocycles. The van der Waals surface area contributed by atoms with Crippen LogP contribution in [0.15, 0.2) is 10.3 Å². The molecule has 1 aliphatic rings. The molecule has 2 N–H and O–H groups in total. The van der Waals surface area contributed by atoms with Gasteiger partial charge in [-0.05, 0) is 38.3 Å². The van der Waals surface area contributed by atoms with Crippen LogP contribution in [-0.2, 0) is 21.3 Å². The van der Waals surface area contributed by atoms with Gasteiger partial charge in [0.25, 0.3) is 0 Å². The standard InChI is InChI=1S/C13H22N2O3S2/c1-9-8-19-12(6-14-3)13(9)20(16,17)15-10(2)11-4-5-18-7-11/h8,10-11,14-15H,4-7H2,1-3H3. The van der Waals surface area contributed by atoms with E-state index in [0.717, 1.165) is 23.5 Å². The zero-order valence-corrected chi connectivity index (χ0v) is 13.7. The summed E-state index contributed by atoms with van der Waals surface area (Å²) in [5.74, 6) is 0.261. The minimum atomic E-state index is -3.47. The fraction of sp³-hybridized carbons (Fsp3) is 0.692. The predicted octanol–water partition coefficient (Wildman–Crippen LogP) is 1.48. The number of hydrogen-bond acceptors (Lipinski definition) is 5. The molecule has 7 heteroatoms. The van der Waals surface area contributed by atoms with Crippen LogP contribution in [0.1, 0.15) is 23.8 Å². The lowest BCUT2D eigenvalue weighted by Gasteiger charge is -2.19. The van der Waals surface area contributed by atoms with Crippen LogP contribution in [0.25, 0.3) is 0 Å². The van der Waals surface area contributed by atoms with Gasteiger partial charge in [0.15, 0.2) is 0 Å². The molecule has 0 aliphatic carbocycles. The molecular formula is C13H22N2O3S2. The first-order valence-corrected chi connectivity index (χ1v) is 9.13. The van der Waals surface area contributed by atoms with Crippen molar-refractivity contribution in [1.29, 1.82) is 0 Å². The smallest absolute Gasteiger partial charge is 0.242 e. The van der Waals surface area contributed by atoms with E-state index < -0.39 is 10.0 Å². The lowest BCUT2D eigenvalue weighted by Crippen LogP contribution is -2.38. The molecule has 0 amide bonds. The SMILES string of the molecule is CNCc1scc(C)c1S(=O)(=O)NC(C)C1CCOC1. The third-order valence-corrected chi connectivity index (χ3v) is 6.63. The van der Waals surface area contributed by atoms with E-state index in [2.05, 4.69) is 10.0 Å². The van der Waals surface area contributed by atoms with Crippen molar-refractivity contribution in [2.45, 2.75) is 37.8 Å².